The first-order valence-electron chi connectivity index (χ1n) is 9.35. The number of carbonyl (C=O) groups excluding carboxylic acids is 2. The van der Waals surface area contributed by atoms with E-state index in [2.05, 4.69) is 10.0 Å². The molecule has 8 nitrogen and oxygen atoms in total. The van der Waals surface area contributed by atoms with Crippen LogP contribution in [0.5, 0.6) is 5.75 Å². The summed E-state index contributed by atoms with van der Waals surface area (Å²) in [4.78, 5) is 23.2. The Balaban J connectivity index is 1.61. The third-order valence-corrected chi connectivity index (χ3v) is 5.74. The molecule has 4 N–H and O–H groups in total. The van der Waals surface area contributed by atoms with Gasteiger partial charge in [-0.05, 0) is 79.2 Å². The van der Waals surface area contributed by atoms with Gasteiger partial charge in [0.15, 0.2) is 6.61 Å². The van der Waals surface area contributed by atoms with E-state index in [4.69, 9.17) is 10.5 Å². The van der Waals surface area contributed by atoms with Crippen LogP contribution in [0.25, 0.3) is 0 Å². The van der Waals surface area contributed by atoms with Gasteiger partial charge in [0.2, 0.25) is 5.91 Å². The van der Waals surface area contributed by atoms with E-state index in [1.807, 2.05) is 0 Å². The molecule has 0 radical (unpaired) electrons. The maximum absolute atomic E-state index is 13.0. The number of ether oxygens (including phenoxy) is 1. The molecule has 2 amide bonds. The highest BCUT2D eigenvalue weighted by Gasteiger charge is 2.16. The van der Waals surface area contributed by atoms with Crippen LogP contribution in [0.15, 0.2) is 71.6 Å². The Morgan fingerprint density at radius 3 is 2.19 bits per heavy atom. The van der Waals surface area contributed by atoms with Gasteiger partial charge in [-0.2, -0.15) is 0 Å². The minimum absolute atomic E-state index is 0.00864. The number of halogens is 1. The zero-order valence-electron chi connectivity index (χ0n) is 17.0. The fourth-order valence-electron chi connectivity index (χ4n) is 2.74. The maximum atomic E-state index is 13.0. The lowest BCUT2D eigenvalue weighted by molar-refractivity contribution is -0.118. The standard InChI is InChI=1S/C22H20FN3O5S/c1-14-12-19(32(29,30)26-18-8-4-16(23)5-9-18)10-11-20(14)31-13-21(27)25-17-6-2-15(3-7-17)22(24)28/h2-12,26H,13H2,1H3,(H2,24,28)(H,25,27). The lowest BCUT2D eigenvalue weighted by Gasteiger charge is -2.12. The molecule has 0 heterocycles. The van der Waals surface area contributed by atoms with Gasteiger partial charge in [0.05, 0.1) is 4.90 Å². The highest BCUT2D eigenvalue weighted by atomic mass is 32.2. The molecule has 0 saturated carbocycles. The van der Waals surface area contributed by atoms with Crippen molar-refractivity contribution >= 4 is 33.2 Å². The fourth-order valence-corrected chi connectivity index (χ4v) is 3.88. The average molecular weight is 457 g/mol. The van der Waals surface area contributed by atoms with Gasteiger partial charge in [0.1, 0.15) is 11.6 Å². The largest absolute Gasteiger partial charge is 0.483 e. The van der Waals surface area contributed by atoms with Crippen LogP contribution >= 0.6 is 0 Å². The normalized spacial score (nSPS) is 10.9. The van der Waals surface area contributed by atoms with Crippen LogP contribution < -0.4 is 20.5 Å². The molecule has 166 valence electrons. The SMILES string of the molecule is Cc1cc(S(=O)(=O)Nc2ccc(F)cc2)ccc1OCC(=O)Nc1ccc(C(N)=O)cc1. The van der Waals surface area contributed by atoms with Gasteiger partial charge >= 0.3 is 0 Å². The topological polar surface area (TPSA) is 128 Å². The van der Waals surface area contributed by atoms with E-state index >= 15 is 0 Å². The number of anilines is 2. The highest BCUT2D eigenvalue weighted by molar-refractivity contribution is 7.92. The van der Waals surface area contributed by atoms with Crippen molar-refractivity contribution < 1.29 is 27.1 Å². The maximum Gasteiger partial charge on any atom is 0.262 e. The van der Waals surface area contributed by atoms with Crippen molar-refractivity contribution in [2.45, 2.75) is 11.8 Å². The summed E-state index contributed by atoms with van der Waals surface area (Å²) in [5.41, 5.74) is 6.69. The van der Waals surface area contributed by atoms with Gasteiger partial charge in [0.25, 0.3) is 15.9 Å². The zero-order valence-corrected chi connectivity index (χ0v) is 17.8. The summed E-state index contributed by atoms with van der Waals surface area (Å²) in [6.07, 6.45) is 0. The molecule has 0 aliphatic carbocycles. The molecule has 10 heteroatoms. The van der Waals surface area contributed by atoms with E-state index in [1.54, 1.807) is 6.92 Å². The molecule has 3 aromatic carbocycles. The Hall–Kier alpha value is -3.92. The number of nitrogens with two attached hydrogens (primary N) is 1. The minimum Gasteiger partial charge on any atom is -0.483 e. The third kappa shape index (κ3) is 5.82. The second-order valence-electron chi connectivity index (χ2n) is 6.82. The first-order chi connectivity index (χ1) is 15.1. The molecular formula is C22H20FN3O5S. The Kier molecular flexibility index (Phi) is 6.74. The van der Waals surface area contributed by atoms with Gasteiger partial charge < -0.3 is 15.8 Å². The summed E-state index contributed by atoms with van der Waals surface area (Å²) >= 11 is 0. The van der Waals surface area contributed by atoms with Crippen LogP contribution in [0, 0.1) is 12.7 Å². The number of aryl methyl sites for hydroxylation is 1. The first-order valence-corrected chi connectivity index (χ1v) is 10.8. The van der Waals surface area contributed by atoms with Crippen LogP contribution in [0.2, 0.25) is 0 Å². The predicted octanol–water partition coefficient (Wildman–Crippen LogP) is 3.05. The number of benzene rings is 3. The summed E-state index contributed by atoms with van der Waals surface area (Å²) in [7, 11) is -3.89. The number of amides is 2. The number of nitrogens with one attached hydrogen (secondary N) is 2. The lowest BCUT2D eigenvalue weighted by atomic mass is 10.2. The van der Waals surface area contributed by atoms with E-state index in [1.165, 1.54) is 54.6 Å². The van der Waals surface area contributed by atoms with Gasteiger partial charge in [0, 0.05) is 16.9 Å². The average Bonchev–Trinajstić information content (AvgIpc) is 2.74. The van der Waals surface area contributed by atoms with E-state index in [0.29, 0.717) is 22.6 Å². The van der Waals surface area contributed by atoms with Crippen molar-refractivity contribution in [3.05, 3.63) is 83.7 Å². The number of primary amides is 1. The van der Waals surface area contributed by atoms with Crippen LogP contribution in [0.3, 0.4) is 0 Å². The van der Waals surface area contributed by atoms with Crippen LogP contribution in [0.4, 0.5) is 15.8 Å². The van der Waals surface area contributed by atoms with Crippen molar-refractivity contribution in [2.75, 3.05) is 16.6 Å². The predicted molar refractivity (Wildman–Crippen MR) is 117 cm³/mol. The molecule has 0 fully saturated rings. The summed E-state index contributed by atoms with van der Waals surface area (Å²) in [5.74, 6) is -1.15. The second kappa shape index (κ2) is 9.48. The van der Waals surface area contributed by atoms with E-state index in [-0.39, 0.29) is 17.2 Å². The molecule has 0 saturated heterocycles. The number of sulfonamides is 1. The van der Waals surface area contributed by atoms with Gasteiger partial charge in [-0.25, -0.2) is 12.8 Å². The second-order valence-corrected chi connectivity index (χ2v) is 8.50. The molecule has 0 bridgehead atoms. The van der Waals surface area contributed by atoms with E-state index in [0.717, 1.165) is 12.1 Å². The Morgan fingerprint density at radius 2 is 1.59 bits per heavy atom. The molecular weight excluding hydrogens is 437 g/mol. The molecule has 0 unspecified atom stereocenters. The zero-order chi connectivity index (χ0) is 23.3. The molecule has 32 heavy (non-hydrogen) atoms. The number of carbonyl (C=O) groups is 2. The Labute approximate surface area is 184 Å². The highest BCUT2D eigenvalue weighted by Crippen LogP contribution is 2.24. The summed E-state index contributed by atoms with van der Waals surface area (Å²) < 4.78 is 46.0. The molecule has 3 aromatic rings. The molecule has 0 atom stereocenters. The molecule has 0 aromatic heterocycles. The third-order valence-electron chi connectivity index (χ3n) is 4.37. The number of hydrogen-bond donors (Lipinski definition) is 3. The number of rotatable bonds is 8. The van der Waals surface area contributed by atoms with Crippen molar-refractivity contribution in [3.63, 3.8) is 0 Å². The van der Waals surface area contributed by atoms with Gasteiger partial charge in [-0.1, -0.05) is 0 Å². The lowest BCUT2D eigenvalue weighted by Crippen LogP contribution is -2.20. The minimum atomic E-state index is -3.89. The van der Waals surface area contributed by atoms with Crippen molar-refractivity contribution in [1.29, 1.82) is 0 Å². The van der Waals surface area contributed by atoms with E-state index in [9.17, 15) is 22.4 Å². The molecule has 0 aliphatic heterocycles. The Bertz CT molecular complexity index is 1240. The molecule has 0 spiro atoms. The summed E-state index contributed by atoms with van der Waals surface area (Å²) in [6.45, 7) is 1.34. The quantitative estimate of drug-likeness (QED) is 0.479. The van der Waals surface area contributed by atoms with Crippen molar-refractivity contribution in [1.82, 2.24) is 0 Å². The fraction of sp³-hybridized carbons (Fsp3) is 0.0909. The summed E-state index contributed by atoms with van der Waals surface area (Å²) in [6, 6.07) is 15.2. The molecule has 3 rings (SSSR count). The van der Waals surface area contributed by atoms with Crippen LogP contribution in [-0.4, -0.2) is 26.8 Å². The Morgan fingerprint density at radius 1 is 0.969 bits per heavy atom. The van der Waals surface area contributed by atoms with Crippen LogP contribution in [-0.2, 0) is 14.8 Å². The van der Waals surface area contributed by atoms with E-state index < -0.39 is 27.7 Å². The smallest absolute Gasteiger partial charge is 0.262 e. The van der Waals surface area contributed by atoms with Gasteiger partial charge in [-0.15, -0.1) is 0 Å². The monoisotopic (exact) mass is 457 g/mol. The summed E-state index contributed by atoms with van der Waals surface area (Å²) in [5, 5.41) is 2.62. The van der Waals surface area contributed by atoms with Crippen molar-refractivity contribution in [3.8, 4) is 5.75 Å². The van der Waals surface area contributed by atoms with Gasteiger partial charge in [-0.3, -0.25) is 14.3 Å². The van der Waals surface area contributed by atoms with Crippen molar-refractivity contribution in [2.24, 2.45) is 5.73 Å². The molecule has 0 aliphatic rings. The first kappa shape index (κ1) is 22.8. The number of hydrogen-bond acceptors (Lipinski definition) is 5. The van der Waals surface area contributed by atoms with Crippen LogP contribution in [0.1, 0.15) is 15.9 Å².